The Morgan fingerprint density at radius 1 is 0.968 bits per heavy atom. The molecule has 1 heterocycles. The molecule has 0 radical (unpaired) electrons. The van der Waals surface area contributed by atoms with Gasteiger partial charge >= 0.3 is 13.1 Å². The molecular formula is C23H29BO7. The summed E-state index contributed by atoms with van der Waals surface area (Å²) in [4.78, 5) is 12.7. The van der Waals surface area contributed by atoms with Crippen molar-refractivity contribution in [2.75, 3.05) is 21.0 Å². The molecule has 0 saturated carbocycles. The van der Waals surface area contributed by atoms with Gasteiger partial charge in [0.1, 0.15) is 18.1 Å². The van der Waals surface area contributed by atoms with Crippen LogP contribution in [0.2, 0.25) is 0 Å². The van der Waals surface area contributed by atoms with Crippen LogP contribution in [0, 0.1) is 0 Å². The van der Waals surface area contributed by atoms with Crippen molar-refractivity contribution in [3.05, 3.63) is 53.6 Å². The van der Waals surface area contributed by atoms with E-state index < -0.39 is 24.3 Å². The number of ether oxygens (including phenoxy) is 4. The molecule has 2 aromatic carbocycles. The molecule has 1 aliphatic rings. The average Bonchev–Trinajstić information content (AvgIpc) is 2.96. The Bertz CT molecular complexity index is 896. The molecule has 0 spiro atoms. The van der Waals surface area contributed by atoms with Crippen LogP contribution in [0.25, 0.3) is 0 Å². The van der Waals surface area contributed by atoms with Gasteiger partial charge in [-0.1, -0.05) is 30.3 Å². The Hall–Kier alpha value is -2.55. The van der Waals surface area contributed by atoms with Crippen molar-refractivity contribution in [3.8, 4) is 11.5 Å². The van der Waals surface area contributed by atoms with Gasteiger partial charge in [0.2, 0.25) is 0 Å². The van der Waals surface area contributed by atoms with Crippen LogP contribution >= 0.6 is 0 Å². The molecule has 0 unspecified atom stereocenters. The number of carbonyl (C=O) groups excluding carboxylic acids is 1. The van der Waals surface area contributed by atoms with Crippen molar-refractivity contribution in [1.82, 2.24) is 0 Å². The fourth-order valence-electron chi connectivity index (χ4n) is 3.15. The first-order chi connectivity index (χ1) is 14.7. The van der Waals surface area contributed by atoms with Gasteiger partial charge in [-0.15, -0.1) is 0 Å². The maximum atomic E-state index is 12.7. The molecule has 0 aliphatic carbocycles. The zero-order valence-electron chi connectivity index (χ0n) is 18.9. The van der Waals surface area contributed by atoms with Crippen LogP contribution in [-0.2, 0) is 25.4 Å². The number of carbonyl (C=O) groups is 1. The third-order valence-corrected chi connectivity index (χ3v) is 5.59. The number of methoxy groups -OCH3 is 2. The average molecular weight is 428 g/mol. The second-order valence-electron chi connectivity index (χ2n) is 8.29. The molecule has 0 aromatic heterocycles. The number of hydrogen-bond acceptors (Lipinski definition) is 7. The van der Waals surface area contributed by atoms with Gasteiger partial charge in [0.05, 0.1) is 23.9 Å². The van der Waals surface area contributed by atoms with E-state index in [4.69, 9.17) is 28.3 Å². The van der Waals surface area contributed by atoms with Gasteiger partial charge in [-0.25, -0.2) is 4.79 Å². The number of hydrogen-bond donors (Lipinski definition) is 0. The molecule has 1 aliphatic heterocycles. The number of esters is 1. The SMILES string of the molecule is COCOc1cc(OCc2ccccc2)cc(C(=O)OC)c1B1OC(C)(C)C(C)(C)O1. The third kappa shape index (κ3) is 5.03. The Balaban J connectivity index is 2.02. The quantitative estimate of drug-likeness (QED) is 0.363. The standard InChI is InChI=1S/C23H29BO7/c1-22(2)23(3,4)31-24(30-22)20-18(21(25)27-6)12-17(13-19(20)29-15-26-5)28-14-16-10-8-7-9-11-16/h7-13H,14-15H2,1-6H3. The minimum Gasteiger partial charge on any atom is -0.489 e. The van der Waals surface area contributed by atoms with Crippen LogP contribution in [0.4, 0.5) is 0 Å². The second kappa shape index (κ2) is 9.30. The molecule has 166 valence electrons. The lowest BCUT2D eigenvalue weighted by Crippen LogP contribution is -2.41. The van der Waals surface area contributed by atoms with E-state index in [9.17, 15) is 4.79 Å². The van der Waals surface area contributed by atoms with E-state index in [0.717, 1.165) is 5.56 Å². The molecule has 3 rings (SSSR count). The Labute approximate surface area is 183 Å². The summed E-state index contributed by atoms with van der Waals surface area (Å²) in [5.74, 6) is 0.277. The van der Waals surface area contributed by atoms with E-state index in [1.54, 1.807) is 12.1 Å². The third-order valence-electron chi connectivity index (χ3n) is 5.59. The van der Waals surface area contributed by atoms with E-state index in [2.05, 4.69) is 0 Å². The predicted molar refractivity (Wildman–Crippen MR) is 117 cm³/mol. The maximum Gasteiger partial charge on any atom is 0.499 e. The zero-order chi connectivity index (χ0) is 22.6. The molecule has 1 saturated heterocycles. The highest BCUT2D eigenvalue weighted by Gasteiger charge is 2.53. The van der Waals surface area contributed by atoms with Gasteiger partial charge in [-0.2, -0.15) is 0 Å². The number of benzene rings is 2. The highest BCUT2D eigenvalue weighted by molar-refractivity contribution is 6.64. The molecule has 2 aromatic rings. The maximum absolute atomic E-state index is 12.7. The monoisotopic (exact) mass is 428 g/mol. The summed E-state index contributed by atoms with van der Waals surface area (Å²) in [5, 5.41) is 0. The molecule has 1 fully saturated rings. The fraction of sp³-hybridized carbons (Fsp3) is 0.435. The van der Waals surface area contributed by atoms with Gasteiger partial charge in [0, 0.05) is 18.6 Å². The Morgan fingerprint density at radius 3 is 2.19 bits per heavy atom. The summed E-state index contributed by atoms with van der Waals surface area (Å²) in [7, 11) is 2.02. The predicted octanol–water partition coefficient (Wildman–Crippen LogP) is 3.33. The summed E-state index contributed by atoms with van der Waals surface area (Å²) >= 11 is 0. The second-order valence-corrected chi connectivity index (χ2v) is 8.29. The Morgan fingerprint density at radius 2 is 1.61 bits per heavy atom. The van der Waals surface area contributed by atoms with Crippen molar-refractivity contribution < 1.29 is 33.1 Å². The highest BCUT2D eigenvalue weighted by atomic mass is 16.7. The van der Waals surface area contributed by atoms with E-state index in [1.807, 2.05) is 58.0 Å². The molecule has 0 bridgehead atoms. The molecule has 7 nitrogen and oxygen atoms in total. The van der Waals surface area contributed by atoms with Crippen molar-refractivity contribution in [3.63, 3.8) is 0 Å². The van der Waals surface area contributed by atoms with E-state index in [0.29, 0.717) is 23.6 Å². The topological polar surface area (TPSA) is 72.5 Å². The van der Waals surface area contributed by atoms with Gasteiger partial charge < -0.3 is 28.3 Å². The summed E-state index contributed by atoms with van der Waals surface area (Å²) in [6.45, 7) is 8.08. The van der Waals surface area contributed by atoms with Crippen LogP contribution in [0.5, 0.6) is 11.5 Å². The lowest BCUT2D eigenvalue weighted by molar-refractivity contribution is 0.00578. The first-order valence-electron chi connectivity index (χ1n) is 10.1. The molecular weight excluding hydrogens is 399 g/mol. The minimum absolute atomic E-state index is 0.0186. The lowest BCUT2D eigenvalue weighted by Gasteiger charge is -2.32. The van der Waals surface area contributed by atoms with Crippen molar-refractivity contribution >= 4 is 18.6 Å². The van der Waals surface area contributed by atoms with Crippen LogP contribution in [0.1, 0.15) is 43.6 Å². The summed E-state index contributed by atoms with van der Waals surface area (Å²) < 4.78 is 34.2. The first kappa shape index (κ1) is 23.1. The minimum atomic E-state index is -0.825. The first-order valence-corrected chi connectivity index (χ1v) is 10.1. The molecule has 31 heavy (non-hydrogen) atoms. The number of rotatable bonds is 8. The molecule has 0 N–H and O–H groups in total. The van der Waals surface area contributed by atoms with Crippen molar-refractivity contribution in [1.29, 1.82) is 0 Å². The Kier molecular flexibility index (Phi) is 6.94. The summed E-state index contributed by atoms with van der Waals surface area (Å²) in [5.41, 5.74) is 0.502. The van der Waals surface area contributed by atoms with Crippen LogP contribution in [0.3, 0.4) is 0 Å². The summed E-state index contributed by atoms with van der Waals surface area (Å²) in [6.07, 6.45) is 0. The fourth-order valence-corrected chi connectivity index (χ4v) is 3.15. The molecule has 0 amide bonds. The van der Waals surface area contributed by atoms with Gasteiger partial charge in [-0.3, -0.25) is 0 Å². The highest BCUT2D eigenvalue weighted by Crippen LogP contribution is 2.38. The van der Waals surface area contributed by atoms with Crippen molar-refractivity contribution in [2.45, 2.75) is 45.5 Å². The molecule has 8 heteroatoms. The lowest BCUT2D eigenvalue weighted by atomic mass is 9.75. The van der Waals surface area contributed by atoms with Gasteiger partial charge in [0.25, 0.3) is 0 Å². The van der Waals surface area contributed by atoms with E-state index in [1.165, 1.54) is 14.2 Å². The smallest absolute Gasteiger partial charge is 0.489 e. The summed E-state index contributed by atoms with van der Waals surface area (Å²) in [6, 6.07) is 13.1. The van der Waals surface area contributed by atoms with Gasteiger partial charge in [-0.05, 0) is 39.3 Å². The van der Waals surface area contributed by atoms with Gasteiger partial charge in [0.15, 0.2) is 6.79 Å². The van der Waals surface area contributed by atoms with Crippen LogP contribution in [-0.4, -0.2) is 45.3 Å². The van der Waals surface area contributed by atoms with Crippen LogP contribution < -0.4 is 14.9 Å². The van der Waals surface area contributed by atoms with Crippen LogP contribution in [0.15, 0.2) is 42.5 Å². The normalized spacial score (nSPS) is 16.8. The van der Waals surface area contributed by atoms with Crippen molar-refractivity contribution in [2.24, 2.45) is 0 Å². The van der Waals surface area contributed by atoms with E-state index >= 15 is 0 Å². The largest absolute Gasteiger partial charge is 0.499 e. The zero-order valence-corrected chi connectivity index (χ0v) is 18.9. The molecule has 0 atom stereocenters. The van der Waals surface area contributed by atoms with E-state index in [-0.39, 0.29) is 12.4 Å².